The van der Waals surface area contributed by atoms with Gasteiger partial charge in [0.1, 0.15) is 10.6 Å². The van der Waals surface area contributed by atoms with Crippen molar-refractivity contribution in [2.75, 3.05) is 17.6 Å². The summed E-state index contributed by atoms with van der Waals surface area (Å²) in [6.45, 7) is 0.978. The van der Waals surface area contributed by atoms with Crippen molar-refractivity contribution in [2.45, 2.75) is 38.5 Å². The van der Waals surface area contributed by atoms with Crippen LogP contribution in [0.25, 0.3) is 10.2 Å². The van der Waals surface area contributed by atoms with E-state index in [9.17, 15) is 0 Å². The van der Waals surface area contributed by atoms with Crippen LogP contribution in [-0.2, 0) is 0 Å². The third-order valence-corrected chi connectivity index (χ3v) is 4.72. The molecule has 0 atom stereocenters. The number of nitrogens with two attached hydrogens (primary N) is 1. The highest BCUT2D eigenvalue weighted by atomic mass is 32.1. The maximum atomic E-state index is 5.74. The number of hydrogen-bond donors (Lipinski definition) is 2. The highest BCUT2D eigenvalue weighted by molar-refractivity contribution is 7.16. The fourth-order valence-corrected chi connectivity index (χ4v) is 3.65. The van der Waals surface area contributed by atoms with E-state index in [2.05, 4.69) is 21.4 Å². The molecule has 0 saturated heterocycles. The van der Waals surface area contributed by atoms with Gasteiger partial charge in [-0.3, -0.25) is 0 Å². The topological polar surface area (TPSA) is 63.8 Å². The average Bonchev–Trinajstić information content (AvgIpc) is 2.88. The van der Waals surface area contributed by atoms with Crippen molar-refractivity contribution in [2.24, 2.45) is 5.92 Å². The number of rotatable bonds is 4. The van der Waals surface area contributed by atoms with Crippen molar-refractivity contribution in [3.05, 3.63) is 11.4 Å². The van der Waals surface area contributed by atoms with Gasteiger partial charge in [-0.2, -0.15) is 4.98 Å². The van der Waals surface area contributed by atoms with Crippen LogP contribution in [-0.4, -0.2) is 16.5 Å². The normalized spacial score (nSPS) is 16.8. The second-order valence-electron chi connectivity index (χ2n) is 5.29. The van der Waals surface area contributed by atoms with E-state index < -0.39 is 0 Å². The van der Waals surface area contributed by atoms with E-state index in [0.717, 1.165) is 28.5 Å². The van der Waals surface area contributed by atoms with Crippen LogP contribution in [0, 0.1) is 5.92 Å². The molecule has 2 heterocycles. The summed E-state index contributed by atoms with van der Waals surface area (Å²) in [5.41, 5.74) is 5.74. The number of thiophene rings is 1. The van der Waals surface area contributed by atoms with E-state index in [0.29, 0.717) is 5.95 Å². The largest absolute Gasteiger partial charge is 0.369 e. The summed E-state index contributed by atoms with van der Waals surface area (Å²) in [6.07, 6.45) is 8.24. The molecule has 0 amide bonds. The third-order valence-electron chi connectivity index (χ3n) is 3.91. The molecular formula is C14H20N4S. The third kappa shape index (κ3) is 2.97. The molecule has 1 aliphatic rings. The lowest BCUT2D eigenvalue weighted by molar-refractivity contribution is 0.345. The fourth-order valence-electron chi connectivity index (χ4n) is 2.88. The molecule has 0 bridgehead atoms. The lowest BCUT2D eigenvalue weighted by atomic mass is 9.87. The smallest absolute Gasteiger partial charge is 0.223 e. The van der Waals surface area contributed by atoms with Crippen molar-refractivity contribution < 1.29 is 0 Å². The molecule has 102 valence electrons. The maximum absolute atomic E-state index is 5.74. The van der Waals surface area contributed by atoms with Gasteiger partial charge in [0.05, 0.1) is 5.39 Å². The van der Waals surface area contributed by atoms with E-state index >= 15 is 0 Å². The van der Waals surface area contributed by atoms with Gasteiger partial charge in [0.2, 0.25) is 5.95 Å². The Morgan fingerprint density at radius 1 is 1.26 bits per heavy atom. The highest BCUT2D eigenvalue weighted by Crippen LogP contribution is 2.28. The first-order valence-corrected chi connectivity index (χ1v) is 7.95. The Morgan fingerprint density at radius 3 is 2.95 bits per heavy atom. The summed E-state index contributed by atoms with van der Waals surface area (Å²) in [5.74, 6) is 2.13. The van der Waals surface area contributed by atoms with Crippen LogP contribution >= 0.6 is 11.3 Å². The minimum Gasteiger partial charge on any atom is -0.369 e. The Labute approximate surface area is 117 Å². The SMILES string of the molecule is Nc1nc(NCCC2CCCCC2)c2ccsc2n1. The van der Waals surface area contributed by atoms with Crippen LogP contribution in [0.1, 0.15) is 38.5 Å². The minimum absolute atomic E-state index is 0.357. The summed E-state index contributed by atoms with van der Waals surface area (Å²) >= 11 is 1.61. The first-order valence-electron chi connectivity index (χ1n) is 7.07. The number of hydrogen-bond acceptors (Lipinski definition) is 5. The summed E-state index contributed by atoms with van der Waals surface area (Å²) in [4.78, 5) is 9.52. The van der Waals surface area contributed by atoms with E-state index in [1.807, 2.05) is 5.38 Å². The van der Waals surface area contributed by atoms with Crippen LogP contribution < -0.4 is 11.1 Å². The van der Waals surface area contributed by atoms with Crippen molar-refractivity contribution in [3.63, 3.8) is 0 Å². The molecule has 5 heteroatoms. The zero-order valence-corrected chi connectivity index (χ0v) is 11.9. The number of nitrogens with one attached hydrogen (secondary N) is 1. The molecule has 3 rings (SSSR count). The van der Waals surface area contributed by atoms with Crippen LogP contribution in [0.4, 0.5) is 11.8 Å². The van der Waals surface area contributed by atoms with Gasteiger partial charge in [-0.15, -0.1) is 11.3 Å². The molecule has 3 N–H and O–H groups in total. The predicted molar refractivity (Wildman–Crippen MR) is 81.5 cm³/mol. The van der Waals surface area contributed by atoms with Crippen molar-refractivity contribution in [1.82, 2.24) is 9.97 Å². The fraction of sp³-hybridized carbons (Fsp3) is 0.571. The second kappa shape index (κ2) is 5.74. The van der Waals surface area contributed by atoms with Gasteiger partial charge in [-0.25, -0.2) is 4.98 Å². The molecule has 0 aliphatic heterocycles. The first-order chi connectivity index (χ1) is 9.33. The van der Waals surface area contributed by atoms with E-state index in [4.69, 9.17) is 5.73 Å². The second-order valence-corrected chi connectivity index (χ2v) is 6.18. The molecule has 1 aliphatic carbocycles. The Balaban J connectivity index is 1.63. The van der Waals surface area contributed by atoms with Crippen molar-refractivity contribution in [3.8, 4) is 0 Å². The van der Waals surface area contributed by atoms with E-state index in [1.165, 1.54) is 38.5 Å². The molecule has 2 aromatic rings. The summed E-state index contributed by atoms with van der Waals surface area (Å²) in [5, 5.41) is 6.56. The standard InChI is InChI=1S/C14H20N4S/c15-14-17-12(11-7-9-19-13(11)18-14)16-8-6-10-4-2-1-3-5-10/h7,9-10H,1-6,8H2,(H3,15,16,17,18). The molecule has 1 fully saturated rings. The Hall–Kier alpha value is -1.36. The lowest BCUT2D eigenvalue weighted by Crippen LogP contribution is -2.13. The molecule has 1 saturated carbocycles. The Bertz CT molecular complexity index is 545. The van der Waals surface area contributed by atoms with Gasteiger partial charge in [0.25, 0.3) is 0 Å². The molecule has 4 nitrogen and oxygen atoms in total. The molecule has 0 aromatic carbocycles. The quantitative estimate of drug-likeness (QED) is 0.894. The number of anilines is 2. The van der Waals surface area contributed by atoms with Gasteiger partial charge in [0.15, 0.2) is 0 Å². The minimum atomic E-state index is 0.357. The van der Waals surface area contributed by atoms with Crippen LogP contribution in [0.3, 0.4) is 0 Å². The summed E-state index contributed by atoms with van der Waals surface area (Å²) in [6, 6.07) is 2.06. The lowest BCUT2D eigenvalue weighted by Gasteiger charge is -2.21. The van der Waals surface area contributed by atoms with Gasteiger partial charge in [-0.1, -0.05) is 32.1 Å². The number of nitrogens with zero attached hydrogens (tertiary/aromatic N) is 2. The van der Waals surface area contributed by atoms with Crippen molar-refractivity contribution >= 4 is 33.3 Å². The molecule has 0 unspecified atom stereocenters. The highest BCUT2D eigenvalue weighted by Gasteiger charge is 2.13. The zero-order valence-electron chi connectivity index (χ0n) is 11.1. The van der Waals surface area contributed by atoms with Gasteiger partial charge in [-0.05, 0) is 23.8 Å². The summed E-state index contributed by atoms with van der Waals surface area (Å²) < 4.78 is 0. The van der Waals surface area contributed by atoms with E-state index in [-0.39, 0.29) is 0 Å². The first kappa shape index (κ1) is 12.7. The van der Waals surface area contributed by atoms with Crippen LogP contribution in [0.15, 0.2) is 11.4 Å². The Kier molecular flexibility index (Phi) is 3.82. The molecule has 19 heavy (non-hydrogen) atoms. The van der Waals surface area contributed by atoms with Gasteiger partial charge >= 0.3 is 0 Å². The number of aromatic nitrogens is 2. The van der Waals surface area contributed by atoms with Crippen LogP contribution in [0.5, 0.6) is 0 Å². The number of fused-ring (bicyclic) bond motifs is 1. The molecule has 0 spiro atoms. The predicted octanol–water partition coefficient (Wildman–Crippen LogP) is 3.66. The zero-order chi connectivity index (χ0) is 13.1. The molecule has 2 aromatic heterocycles. The Morgan fingerprint density at radius 2 is 2.11 bits per heavy atom. The summed E-state index contributed by atoms with van der Waals surface area (Å²) in [7, 11) is 0. The maximum Gasteiger partial charge on any atom is 0.223 e. The average molecular weight is 276 g/mol. The van der Waals surface area contributed by atoms with Crippen molar-refractivity contribution in [1.29, 1.82) is 0 Å². The van der Waals surface area contributed by atoms with Gasteiger partial charge < -0.3 is 11.1 Å². The molecular weight excluding hydrogens is 256 g/mol. The van der Waals surface area contributed by atoms with Crippen LogP contribution in [0.2, 0.25) is 0 Å². The van der Waals surface area contributed by atoms with E-state index in [1.54, 1.807) is 11.3 Å². The molecule has 0 radical (unpaired) electrons. The van der Waals surface area contributed by atoms with Gasteiger partial charge in [0, 0.05) is 6.54 Å². The number of nitrogen functional groups attached to an aromatic ring is 1. The monoisotopic (exact) mass is 276 g/mol.